The number of aryl methyl sites for hydroxylation is 1. The fraction of sp³-hybridized carbons (Fsp3) is 0.111. The number of nitrogens with zero attached hydrogens (tertiary/aromatic N) is 2. The van der Waals surface area contributed by atoms with Crippen LogP contribution in [0, 0.1) is 21.8 Å². The summed E-state index contributed by atoms with van der Waals surface area (Å²) >= 11 is 4.81. The largest absolute Gasteiger partial charge is 0.282 e. The van der Waals surface area contributed by atoms with Crippen molar-refractivity contribution in [3.8, 4) is 11.4 Å². The molecule has 82 valence electrons. The minimum absolute atomic E-state index is 0.0693. The number of benzene rings is 1. The molecule has 16 heavy (non-hydrogen) atoms. The first-order valence-electron chi connectivity index (χ1n) is 4.48. The Morgan fingerprint density at radius 2 is 2.19 bits per heavy atom. The van der Waals surface area contributed by atoms with Crippen molar-refractivity contribution in [3.05, 3.63) is 38.6 Å². The Labute approximate surface area is 95.5 Å². The summed E-state index contributed by atoms with van der Waals surface area (Å²) in [5.74, 6) is 0.494. The number of aromatic amines is 2. The first-order valence-corrected chi connectivity index (χ1v) is 4.89. The van der Waals surface area contributed by atoms with Crippen LogP contribution < -0.4 is 0 Å². The molecule has 0 spiro atoms. The Bertz CT molecular complexity index is 602. The van der Waals surface area contributed by atoms with Gasteiger partial charge in [0.2, 0.25) is 4.77 Å². The summed E-state index contributed by atoms with van der Waals surface area (Å²) in [5, 5.41) is 16.1. The molecule has 1 aromatic heterocycles. The number of H-pyrrole nitrogens is 2. The highest BCUT2D eigenvalue weighted by Crippen LogP contribution is 2.24. The molecule has 6 nitrogen and oxygen atoms in total. The minimum Gasteiger partial charge on any atom is -0.282 e. The lowest BCUT2D eigenvalue weighted by molar-refractivity contribution is -0.385. The second-order valence-corrected chi connectivity index (χ2v) is 3.66. The molecule has 0 aliphatic carbocycles. The van der Waals surface area contributed by atoms with E-state index in [0.717, 1.165) is 0 Å². The molecule has 0 amide bonds. The third-order valence-corrected chi connectivity index (χ3v) is 2.37. The predicted molar refractivity (Wildman–Crippen MR) is 60.6 cm³/mol. The molecule has 0 fully saturated rings. The van der Waals surface area contributed by atoms with Crippen molar-refractivity contribution >= 4 is 17.9 Å². The molecule has 1 heterocycles. The number of aromatic nitrogens is 3. The summed E-state index contributed by atoms with van der Waals surface area (Å²) < 4.78 is 0.318. The van der Waals surface area contributed by atoms with Crippen molar-refractivity contribution in [2.75, 3.05) is 0 Å². The molecule has 0 radical (unpaired) electrons. The molecule has 0 saturated carbocycles. The summed E-state index contributed by atoms with van der Waals surface area (Å²) in [7, 11) is 0. The SMILES string of the molecule is Cc1ccc(-c2nc(=S)[nH][nH]2)cc1[N+](=O)[O-]. The van der Waals surface area contributed by atoms with Crippen molar-refractivity contribution in [1.29, 1.82) is 0 Å². The van der Waals surface area contributed by atoms with Crippen molar-refractivity contribution in [2.24, 2.45) is 0 Å². The molecule has 1 aromatic carbocycles. The van der Waals surface area contributed by atoms with E-state index in [9.17, 15) is 10.1 Å². The van der Waals surface area contributed by atoms with E-state index in [1.165, 1.54) is 6.07 Å². The average molecular weight is 236 g/mol. The second kappa shape index (κ2) is 3.86. The molecule has 0 saturated heterocycles. The smallest absolute Gasteiger partial charge is 0.273 e. The lowest BCUT2D eigenvalue weighted by atomic mass is 10.1. The maximum atomic E-state index is 10.8. The van der Waals surface area contributed by atoms with Gasteiger partial charge in [0.15, 0.2) is 5.82 Å². The molecule has 0 aliphatic heterocycles. The molecule has 2 N–H and O–H groups in total. The van der Waals surface area contributed by atoms with E-state index in [0.29, 0.717) is 21.7 Å². The highest BCUT2D eigenvalue weighted by molar-refractivity contribution is 7.71. The number of nitro benzene ring substituents is 1. The summed E-state index contributed by atoms with van der Waals surface area (Å²) in [4.78, 5) is 14.3. The quantitative estimate of drug-likeness (QED) is 0.476. The second-order valence-electron chi connectivity index (χ2n) is 3.27. The van der Waals surface area contributed by atoms with E-state index < -0.39 is 4.92 Å². The van der Waals surface area contributed by atoms with Gasteiger partial charge in [0, 0.05) is 17.2 Å². The van der Waals surface area contributed by atoms with Gasteiger partial charge in [-0.15, -0.1) is 0 Å². The van der Waals surface area contributed by atoms with E-state index >= 15 is 0 Å². The molecule has 0 atom stereocenters. The highest BCUT2D eigenvalue weighted by atomic mass is 32.1. The summed E-state index contributed by atoms with van der Waals surface area (Å²) in [6, 6.07) is 4.90. The highest BCUT2D eigenvalue weighted by Gasteiger charge is 2.12. The van der Waals surface area contributed by atoms with Crippen molar-refractivity contribution in [2.45, 2.75) is 6.92 Å². The zero-order valence-electron chi connectivity index (χ0n) is 8.35. The van der Waals surface area contributed by atoms with Crippen LogP contribution in [0.3, 0.4) is 0 Å². The molecule has 2 rings (SSSR count). The van der Waals surface area contributed by atoms with Crippen LogP contribution >= 0.6 is 12.2 Å². The average Bonchev–Trinajstić information content (AvgIpc) is 2.65. The van der Waals surface area contributed by atoms with Gasteiger partial charge in [-0.2, -0.15) is 4.98 Å². The van der Waals surface area contributed by atoms with Gasteiger partial charge in [0.05, 0.1) is 4.92 Å². The lowest BCUT2D eigenvalue weighted by Crippen LogP contribution is -1.92. The fourth-order valence-corrected chi connectivity index (χ4v) is 1.50. The Kier molecular flexibility index (Phi) is 2.53. The van der Waals surface area contributed by atoms with Crippen LogP contribution in [-0.2, 0) is 0 Å². The number of nitro groups is 1. The van der Waals surface area contributed by atoms with Gasteiger partial charge in [-0.3, -0.25) is 20.3 Å². The van der Waals surface area contributed by atoms with Crippen LogP contribution in [-0.4, -0.2) is 20.1 Å². The Morgan fingerprint density at radius 1 is 1.44 bits per heavy atom. The maximum Gasteiger partial charge on any atom is 0.273 e. The first-order chi connectivity index (χ1) is 7.58. The van der Waals surface area contributed by atoms with Gasteiger partial charge in [0.25, 0.3) is 5.69 Å². The van der Waals surface area contributed by atoms with Crippen LogP contribution in [0.2, 0.25) is 0 Å². The fourth-order valence-electron chi connectivity index (χ4n) is 1.36. The first kappa shape index (κ1) is 10.5. The van der Waals surface area contributed by atoms with Crippen LogP contribution in [0.25, 0.3) is 11.4 Å². The van der Waals surface area contributed by atoms with Gasteiger partial charge >= 0.3 is 0 Å². The van der Waals surface area contributed by atoms with Gasteiger partial charge in [-0.1, -0.05) is 12.1 Å². The normalized spacial score (nSPS) is 10.3. The molecule has 0 unspecified atom stereocenters. The summed E-state index contributed by atoms with van der Waals surface area (Å²) in [6.07, 6.45) is 0. The van der Waals surface area contributed by atoms with E-state index in [2.05, 4.69) is 15.2 Å². The molecule has 2 aromatic rings. The molecular weight excluding hydrogens is 228 g/mol. The lowest BCUT2D eigenvalue weighted by Gasteiger charge is -1.99. The summed E-state index contributed by atoms with van der Waals surface area (Å²) in [6.45, 7) is 1.69. The molecular formula is C9H8N4O2S. The number of nitrogens with one attached hydrogen (secondary N) is 2. The molecule has 7 heteroatoms. The zero-order valence-corrected chi connectivity index (χ0v) is 9.17. The standard InChI is InChI=1S/C9H8N4O2S/c1-5-2-3-6(4-7(5)13(14)15)8-10-9(16)12-11-8/h2-4H,1H3,(H2,10,11,12,16). The number of hydrogen-bond donors (Lipinski definition) is 2. The van der Waals surface area contributed by atoms with Gasteiger partial charge < -0.3 is 0 Å². The Balaban J connectivity index is 2.55. The topological polar surface area (TPSA) is 87.6 Å². The van der Waals surface area contributed by atoms with Crippen LogP contribution in [0.5, 0.6) is 0 Å². The minimum atomic E-state index is -0.417. The van der Waals surface area contributed by atoms with Gasteiger partial charge in [-0.05, 0) is 19.1 Å². The zero-order chi connectivity index (χ0) is 11.7. The number of rotatable bonds is 2. The Hall–Kier alpha value is -2.02. The predicted octanol–water partition coefficient (Wildman–Crippen LogP) is 2.35. The van der Waals surface area contributed by atoms with Gasteiger partial charge in [0.1, 0.15) is 0 Å². The van der Waals surface area contributed by atoms with E-state index in [-0.39, 0.29) is 5.69 Å². The monoisotopic (exact) mass is 236 g/mol. The summed E-state index contributed by atoms with van der Waals surface area (Å²) in [5.41, 5.74) is 1.31. The Morgan fingerprint density at radius 3 is 2.75 bits per heavy atom. The van der Waals surface area contributed by atoms with Crippen molar-refractivity contribution < 1.29 is 4.92 Å². The van der Waals surface area contributed by atoms with Crippen LogP contribution in [0.4, 0.5) is 5.69 Å². The maximum absolute atomic E-state index is 10.8. The molecule has 0 bridgehead atoms. The number of hydrogen-bond acceptors (Lipinski definition) is 4. The van der Waals surface area contributed by atoms with Crippen molar-refractivity contribution in [3.63, 3.8) is 0 Å². The van der Waals surface area contributed by atoms with Gasteiger partial charge in [-0.25, -0.2) is 0 Å². The third-order valence-electron chi connectivity index (χ3n) is 2.18. The van der Waals surface area contributed by atoms with E-state index in [1.54, 1.807) is 19.1 Å². The van der Waals surface area contributed by atoms with E-state index in [4.69, 9.17) is 12.2 Å². The van der Waals surface area contributed by atoms with Crippen molar-refractivity contribution in [1.82, 2.24) is 15.2 Å². The third kappa shape index (κ3) is 1.84. The molecule has 0 aliphatic rings. The van der Waals surface area contributed by atoms with Crippen LogP contribution in [0.1, 0.15) is 5.56 Å². The van der Waals surface area contributed by atoms with E-state index in [1.807, 2.05) is 0 Å². The van der Waals surface area contributed by atoms with Crippen LogP contribution in [0.15, 0.2) is 18.2 Å².